The van der Waals surface area contributed by atoms with Gasteiger partial charge < -0.3 is 5.73 Å². The molecule has 0 spiro atoms. The van der Waals surface area contributed by atoms with E-state index < -0.39 is 0 Å². The van der Waals surface area contributed by atoms with Gasteiger partial charge in [0.15, 0.2) is 0 Å². The van der Waals surface area contributed by atoms with Crippen molar-refractivity contribution in [2.24, 2.45) is 5.73 Å². The lowest BCUT2D eigenvalue weighted by Crippen LogP contribution is -2.04. The van der Waals surface area contributed by atoms with Gasteiger partial charge in [-0.15, -0.1) is 0 Å². The van der Waals surface area contributed by atoms with E-state index >= 15 is 0 Å². The van der Waals surface area contributed by atoms with Crippen LogP contribution in [-0.2, 0) is 6.42 Å². The summed E-state index contributed by atoms with van der Waals surface area (Å²) in [5.74, 6) is 0. The minimum absolute atomic E-state index is 0.649. The van der Waals surface area contributed by atoms with E-state index in [1.807, 2.05) is 18.2 Å². The first-order valence-electron chi connectivity index (χ1n) is 3.31. The third kappa shape index (κ3) is 1.81. The topological polar surface area (TPSA) is 38.9 Å². The largest absolute Gasteiger partial charge is 0.330 e. The molecule has 0 amide bonds. The van der Waals surface area contributed by atoms with Gasteiger partial charge in [0.25, 0.3) is 0 Å². The van der Waals surface area contributed by atoms with Gasteiger partial charge in [-0.3, -0.25) is 4.98 Å². The molecular formula is C8H11N2. The van der Waals surface area contributed by atoms with Crippen molar-refractivity contribution >= 4 is 0 Å². The summed E-state index contributed by atoms with van der Waals surface area (Å²) in [7, 11) is 0. The number of rotatable bonds is 2. The van der Waals surface area contributed by atoms with Crippen molar-refractivity contribution in [1.29, 1.82) is 0 Å². The molecule has 0 atom stereocenters. The average molecular weight is 135 g/mol. The molecule has 1 heterocycles. The Kier molecular flexibility index (Phi) is 2.40. The Balaban J connectivity index is 2.75. The fourth-order valence-electron chi connectivity index (χ4n) is 0.816. The van der Waals surface area contributed by atoms with Crippen molar-refractivity contribution in [3.63, 3.8) is 0 Å². The van der Waals surface area contributed by atoms with Crippen LogP contribution < -0.4 is 5.73 Å². The van der Waals surface area contributed by atoms with Crippen LogP contribution >= 0.6 is 0 Å². The lowest BCUT2D eigenvalue weighted by atomic mass is 10.2. The predicted molar refractivity (Wildman–Crippen MR) is 41.5 cm³/mol. The maximum absolute atomic E-state index is 5.35. The first kappa shape index (κ1) is 7.22. The zero-order valence-electron chi connectivity index (χ0n) is 5.88. The smallest absolute Gasteiger partial charge is 0.0419 e. The van der Waals surface area contributed by atoms with Crippen LogP contribution in [0.3, 0.4) is 0 Å². The number of pyridine rings is 1. The fraction of sp³-hybridized carbons (Fsp3) is 0.250. The van der Waals surface area contributed by atoms with Crippen LogP contribution in [0.1, 0.15) is 11.4 Å². The van der Waals surface area contributed by atoms with Gasteiger partial charge in [0.05, 0.1) is 0 Å². The van der Waals surface area contributed by atoms with Crippen LogP contribution in [0.25, 0.3) is 0 Å². The summed E-state index contributed by atoms with van der Waals surface area (Å²) in [5.41, 5.74) is 7.18. The Morgan fingerprint density at radius 1 is 1.50 bits per heavy atom. The third-order valence-corrected chi connectivity index (χ3v) is 1.26. The average Bonchev–Trinajstić information content (AvgIpc) is 1.88. The van der Waals surface area contributed by atoms with Crippen LogP contribution in [0.4, 0.5) is 0 Å². The van der Waals surface area contributed by atoms with E-state index in [-0.39, 0.29) is 0 Å². The normalized spacial score (nSPS) is 9.80. The van der Waals surface area contributed by atoms with Gasteiger partial charge in [-0.25, -0.2) is 0 Å². The molecular weight excluding hydrogens is 124 g/mol. The Hall–Kier alpha value is -0.890. The second kappa shape index (κ2) is 3.32. The second-order valence-electron chi connectivity index (χ2n) is 2.16. The van der Waals surface area contributed by atoms with Crippen LogP contribution in [0, 0.1) is 6.92 Å². The Bertz CT molecular complexity index is 208. The van der Waals surface area contributed by atoms with Gasteiger partial charge in [0.2, 0.25) is 0 Å². The number of nitrogens with zero attached hydrogens (tertiary/aromatic N) is 1. The van der Waals surface area contributed by atoms with Crippen molar-refractivity contribution < 1.29 is 0 Å². The summed E-state index contributed by atoms with van der Waals surface area (Å²) in [6.45, 7) is 4.36. The van der Waals surface area contributed by atoms with Gasteiger partial charge in [-0.1, -0.05) is 6.07 Å². The molecule has 0 aliphatic heterocycles. The van der Waals surface area contributed by atoms with Crippen molar-refractivity contribution in [3.05, 3.63) is 36.5 Å². The second-order valence-corrected chi connectivity index (χ2v) is 2.16. The molecule has 0 saturated carbocycles. The van der Waals surface area contributed by atoms with Gasteiger partial charge in [-0.2, -0.15) is 0 Å². The van der Waals surface area contributed by atoms with Gasteiger partial charge in [-0.05, 0) is 25.6 Å². The first-order chi connectivity index (χ1) is 4.83. The molecule has 1 rings (SSSR count). The molecule has 0 aliphatic carbocycles. The lowest BCUT2D eigenvalue weighted by molar-refractivity contribution is 0.918. The monoisotopic (exact) mass is 135 g/mol. The number of hydrogen-bond acceptors (Lipinski definition) is 2. The van der Waals surface area contributed by atoms with E-state index in [9.17, 15) is 0 Å². The third-order valence-electron chi connectivity index (χ3n) is 1.26. The quantitative estimate of drug-likeness (QED) is 0.650. The molecule has 2 nitrogen and oxygen atoms in total. The maximum atomic E-state index is 5.35. The van der Waals surface area contributed by atoms with Crippen LogP contribution in [0.15, 0.2) is 18.2 Å². The molecule has 0 fully saturated rings. The molecule has 0 saturated heterocycles. The Labute approximate surface area is 61.1 Å². The molecule has 1 aromatic rings. The summed E-state index contributed by atoms with van der Waals surface area (Å²) < 4.78 is 0. The highest BCUT2D eigenvalue weighted by molar-refractivity contribution is 5.13. The fourth-order valence-corrected chi connectivity index (χ4v) is 0.816. The van der Waals surface area contributed by atoms with Crippen molar-refractivity contribution in [2.45, 2.75) is 6.42 Å². The van der Waals surface area contributed by atoms with E-state index in [0.29, 0.717) is 6.54 Å². The van der Waals surface area contributed by atoms with Crippen LogP contribution in [-0.4, -0.2) is 11.5 Å². The molecule has 53 valence electrons. The van der Waals surface area contributed by atoms with Crippen LogP contribution in [0.5, 0.6) is 0 Å². The summed E-state index contributed by atoms with van der Waals surface area (Å²) >= 11 is 0. The Morgan fingerprint density at radius 3 is 2.90 bits per heavy atom. The summed E-state index contributed by atoms with van der Waals surface area (Å²) in [6, 6.07) is 5.78. The molecule has 1 aromatic heterocycles. The highest BCUT2D eigenvalue weighted by Crippen LogP contribution is 1.97. The summed E-state index contributed by atoms with van der Waals surface area (Å²) in [5, 5.41) is 0. The highest BCUT2D eigenvalue weighted by Gasteiger charge is 1.90. The lowest BCUT2D eigenvalue weighted by Gasteiger charge is -1.97. The maximum Gasteiger partial charge on any atom is 0.0419 e. The van der Waals surface area contributed by atoms with E-state index in [0.717, 1.165) is 17.8 Å². The summed E-state index contributed by atoms with van der Waals surface area (Å²) in [4.78, 5) is 4.17. The molecule has 0 bridgehead atoms. The number of nitrogens with two attached hydrogens (primary N) is 1. The summed E-state index contributed by atoms with van der Waals surface area (Å²) in [6.07, 6.45) is 0.837. The molecule has 0 unspecified atom stereocenters. The molecule has 0 aliphatic rings. The standard InChI is InChI=1S/C8H11N2/c1-7-3-2-4-8(10-7)5-6-9/h2-4H,1,5-6,9H2. The van der Waals surface area contributed by atoms with Gasteiger partial charge in [0.1, 0.15) is 0 Å². The number of aromatic nitrogens is 1. The van der Waals surface area contributed by atoms with E-state index in [1.54, 1.807) is 0 Å². The predicted octanol–water partition coefficient (Wildman–Crippen LogP) is 0.765. The molecule has 10 heavy (non-hydrogen) atoms. The van der Waals surface area contributed by atoms with Crippen LogP contribution in [0.2, 0.25) is 0 Å². The van der Waals surface area contributed by atoms with E-state index in [1.165, 1.54) is 0 Å². The molecule has 2 heteroatoms. The zero-order valence-corrected chi connectivity index (χ0v) is 5.88. The van der Waals surface area contributed by atoms with E-state index in [4.69, 9.17) is 5.73 Å². The van der Waals surface area contributed by atoms with Gasteiger partial charge in [0, 0.05) is 17.8 Å². The van der Waals surface area contributed by atoms with Crippen molar-refractivity contribution in [1.82, 2.24) is 4.98 Å². The molecule has 0 aromatic carbocycles. The first-order valence-corrected chi connectivity index (χ1v) is 3.31. The molecule has 1 radical (unpaired) electrons. The SMILES string of the molecule is [CH2]c1cccc(CCN)n1. The molecule has 2 N–H and O–H groups in total. The minimum Gasteiger partial charge on any atom is -0.330 e. The Morgan fingerprint density at radius 2 is 2.30 bits per heavy atom. The van der Waals surface area contributed by atoms with Crippen molar-refractivity contribution in [3.8, 4) is 0 Å². The van der Waals surface area contributed by atoms with Gasteiger partial charge >= 0.3 is 0 Å². The highest BCUT2D eigenvalue weighted by atomic mass is 14.7. The van der Waals surface area contributed by atoms with Crippen molar-refractivity contribution in [2.75, 3.05) is 6.54 Å². The minimum atomic E-state index is 0.649. The number of hydrogen-bond donors (Lipinski definition) is 1. The zero-order chi connectivity index (χ0) is 7.40. The van der Waals surface area contributed by atoms with E-state index in [2.05, 4.69) is 11.9 Å².